The Morgan fingerprint density at radius 3 is 2.28 bits per heavy atom. The van der Waals surface area contributed by atoms with Crippen LogP contribution in [0.4, 0.5) is 5.82 Å². The molecule has 0 saturated carbocycles. The van der Waals surface area contributed by atoms with E-state index >= 15 is 0 Å². The quantitative estimate of drug-likeness (QED) is 0.693. The second-order valence-corrected chi connectivity index (χ2v) is 7.78. The minimum Gasteiger partial charge on any atom is -0.383 e. The molecule has 2 atom stereocenters. The summed E-state index contributed by atoms with van der Waals surface area (Å²) in [4.78, 5) is 8.62. The fraction of sp³-hybridized carbons (Fsp3) is 0.750. The Morgan fingerprint density at radius 2 is 1.79 bits per heavy atom. The van der Waals surface area contributed by atoms with Crippen molar-refractivity contribution in [3.63, 3.8) is 0 Å². The summed E-state index contributed by atoms with van der Waals surface area (Å²) in [6.07, 6.45) is 5.23. The van der Waals surface area contributed by atoms with Gasteiger partial charge in [-0.15, -0.1) is 0 Å². The fourth-order valence-corrected chi connectivity index (χ4v) is 3.19. The van der Waals surface area contributed by atoms with Crippen LogP contribution in [0.15, 0.2) is 18.3 Å². The van der Waals surface area contributed by atoms with E-state index in [0.29, 0.717) is 17.9 Å². The van der Waals surface area contributed by atoms with E-state index in [1.807, 2.05) is 39.8 Å². The molecule has 1 aromatic heterocycles. The molecule has 1 aliphatic heterocycles. The average Bonchev–Trinajstić information content (AvgIpc) is 2.91. The molecule has 2 unspecified atom stereocenters. The van der Waals surface area contributed by atoms with Crippen LogP contribution in [0.25, 0.3) is 0 Å². The number of aromatic nitrogens is 1. The van der Waals surface area contributed by atoms with Gasteiger partial charge in [0, 0.05) is 30.4 Å². The zero-order valence-electron chi connectivity index (χ0n) is 20.8. The summed E-state index contributed by atoms with van der Waals surface area (Å²) in [7, 11) is 4.20. The molecular formula is C24H47N5. The molecule has 5 nitrogen and oxygen atoms in total. The number of hydrogen-bond acceptors (Lipinski definition) is 5. The number of nitrogen functional groups attached to an aromatic ring is 1. The van der Waals surface area contributed by atoms with Crippen LogP contribution in [0.2, 0.25) is 0 Å². The van der Waals surface area contributed by atoms with Crippen molar-refractivity contribution >= 4 is 5.82 Å². The van der Waals surface area contributed by atoms with Crippen molar-refractivity contribution in [1.82, 2.24) is 14.8 Å². The SMILES string of the molecule is CC.CC.CC(C)N(C)C(C)c1cccnc1N.CN1CCCCC(C)(C#N)C1. The molecule has 0 bridgehead atoms. The van der Waals surface area contributed by atoms with Crippen LogP contribution < -0.4 is 5.73 Å². The van der Waals surface area contributed by atoms with Gasteiger partial charge >= 0.3 is 0 Å². The highest BCUT2D eigenvalue weighted by Crippen LogP contribution is 2.27. The van der Waals surface area contributed by atoms with Crippen LogP contribution in [0, 0.1) is 16.7 Å². The lowest BCUT2D eigenvalue weighted by Crippen LogP contribution is -2.30. The zero-order chi connectivity index (χ0) is 23.0. The third-order valence-corrected chi connectivity index (χ3v) is 5.15. The van der Waals surface area contributed by atoms with E-state index in [1.165, 1.54) is 12.8 Å². The largest absolute Gasteiger partial charge is 0.383 e. The lowest BCUT2D eigenvalue weighted by Gasteiger charge is -2.29. The Morgan fingerprint density at radius 1 is 1.21 bits per heavy atom. The predicted molar refractivity (Wildman–Crippen MR) is 128 cm³/mol. The van der Waals surface area contributed by atoms with Crippen molar-refractivity contribution in [2.45, 2.75) is 86.7 Å². The van der Waals surface area contributed by atoms with Crippen LogP contribution in [0.1, 0.15) is 86.3 Å². The van der Waals surface area contributed by atoms with Gasteiger partial charge in [0.05, 0.1) is 11.5 Å². The van der Waals surface area contributed by atoms with Crippen molar-refractivity contribution in [1.29, 1.82) is 5.26 Å². The van der Waals surface area contributed by atoms with Gasteiger partial charge in [-0.3, -0.25) is 4.90 Å². The van der Waals surface area contributed by atoms with Crippen LogP contribution in [0.3, 0.4) is 0 Å². The first-order valence-corrected chi connectivity index (χ1v) is 11.2. The maximum Gasteiger partial charge on any atom is 0.128 e. The summed E-state index contributed by atoms with van der Waals surface area (Å²) in [5, 5.41) is 8.92. The molecular weight excluding hydrogens is 358 g/mol. The van der Waals surface area contributed by atoms with E-state index in [-0.39, 0.29) is 5.41 Å². The van der Waals surface area contributed by atoms with E-state index < -0.39 is 0 Å². The molecule has 5 heteroatoms. The normalized spacial score (nSPS) is 20.0. The van der Waals surface area contributed by atoms with Crippen molar-refractivity contribution in [3.8, 4) is 6.07 Å². The maximum atomic E-state index is 8.92. The van der Waals surface area contributed by atoms with Crippen LogP contribution >= 0.6 is 0 Å². The van der Waals surface area contributed by atoms with Gasteiger partial charge in [0.25, 0.3) is 0 Å². The summed E-state index contributed by atoms with van der Waals surface area (Å²) in [5.41, 5.74) is 6.83. The monoisotopic (exact) mass is 405 g/mol. The molecule has 1 aromatic rings. The van der Waals surface area contributed by atoms with Crippen molar-refractivity contribution < 1.29 is 0 Å². The Labute approximate surface area is 181 Å². The molecule has 1 fully saturated rings. The second kappa shape index (κ2) is 16.2. The first-order valence-electron chi connectivity index (χ1n) is 11.2. The number of nitriles is 1. The van der Waals surface area contributed by atoms with Crippen LogP contribution in [-0.2, 0) is 0 Å². The third-order valence-electron chi connectivity index (χ3n) is 5.15. The highest BCUT2D eigenvalue weighted by atomic mass is 15.1. The molecule has 0 amide bonds. The van der Waals surface area contributed by atoms with Gasteiger partial charge in [-0.25, -0.2) is 4.98 Å². The number of nitrogens with zero attached hydrogens (tertiary/aromatic N) is 4. The Hall–Kier alpha value is -1.64. The van der Waals surface area contributed by atoms with E-state index in [9.17, 15) is 0 Å². The van der Waals surface area contributed by atoms with Gasteiger partial charge in [-0.1, -0.05) is 40.2 Å². The summed E-state index contributed by atoms with van der Waals surface area (Å²) in [6, 6.07) is 7.18. The van der Waals surface area contributed by atoms with Crippen molar-refractivity contribution in [2.75, 3.05) is 32.9 Å². The van der Waals surface area contributed by atoms with Gasteiger partial charge in [0.2, 0.25) is 0 Å². The minimum absolute atomic E-state index is 0.0920. The fourth-order valence-electron chi connectivity index (χ4n) is 3.19. The van der Waals surface area contributed by atoms with E-state index in [4.69, 9.17) is 11.0 Å². The molecule has 2 N–H and O–H groups in total. The minimum atomic E-state index is -0.0920. The Kier molecular flexibility index (Phi) is 16.5. The number of hydrogen-bond donors (Lipinski definition) is 1. The van der Waals surface area contributed by atoms with Gasteiger partial charge in [0.15, 0.2) is 0 Å². The lowest BCUT2D eigenvalue weighted by atomic mass is 9.87. The van der Waals surface area contributed by atoms with Gasteiger partial charge in [-0.05, 0) is 67.2 Å². The number of rotatable bonds is 3. The molecule has 2 rings (SSSR count). The highest BCUT2D eigenvalue weighted by Gasteiger charge is 2.27. The lowest BCUT2D eigenvalue weighted by molar-refractivity contribution is 0.210. The van der Waals surface area contributed by atoms with E-state index in [0.717, 1.165) is 25.1 Å². The summed E-state index contributed by atoms with van der Waals surface area (Å²) >= 11 is 0. The predicted octanol–water partition coefficient (Wildman–Crippen LogP) is 5.75. The molecule has 0 aliphatic carbocycles. The molecule has 168 valence electrons. The topological polar surface area (TPSA) is 69.2 Å². The first kappa shape index (κ1) is 29.6. The smallest absolute Gasteiger partial charge is 0.128 e. The van der Waals surface area contributed by atoms with E-state index in [1.54, 1.807) is 6.20 Å². The number of nitrogens with two attached hydrogens (primary N) is 1. The van der Waals surface area contributed by atoms with Crippen LogP contribution in [-0.4, -0.2) is 48.0 Å². The molecule has 0 spiro atoms. The highest BCUT2D eigenvalue weighted by molar-refractivity contribution is 5.40. The molecule has 0 radical (unpaired) electrons. The van der Waals surface area contributed by atoms with Gasteiger partial charge in [0.1, 0.15) is 5.82 Å². The first-order chi connectivity index (χ1) is 13.7. The Balaban J connectivity index is 0. The Bertz CT molecular complexity index is 567. The summed E-state index contributed by atoms with van der Waals surface area (Å²) < 4.78 is 0. The molecule has 29 heavy (non-hydrogen) atoms. The number of anilines is 1. The standard InChI is InChI=1S/C11H19N3.C9H16N2.2C2H6/c1-8(2)14(4)9(3)10-6-5-7-13-11(10)12;1-9(7-10)5-3-4-6-11(2)8-9;2*1-2/h5-9H,1-4H3,(H2,12,13);3-6,8H2,1-2H3;2*1-2H3. The summed E-state index contributed by atoms with van der Waals surface area (Å²) in [6.45, 7) is 18.6. The van der Waals surface area contributed by atoms with Crippen molar-refractivity contribution in [3.05, 3.63) is 23.9 Å². The number of likely N-dealkylation sites (tertiary alicyclic amines) is 1. The molecule has 1 saturated heterocycles. The molecule has 2 heterocycles. The van der Waals surface area contributed by atoms with E-state index in [2.05, 4.69) is 62.6 Å². The average molecular weight is 406 g/mol. The van der Waals surface area contributed by atoms with Crippen LogP contribution in [0.5, 0.6) is 0 Å². The zero-order valence-corrected chi connectivity index (χ0v) is 20.8. The maximum absolute atomic E-state index is 8.92. The third kappa shape index (κ3) is 11.2. The number of pyridine rings is 1. The van der Waals surface area contributed by atoms with Crippen molar-refractivity contribution in [2.24, 2.45) is 5.41 Å². The second-order valence-electron chi connectivity index (χ2n) is 7.78. The summed E-state index contributed by atoms with van der Waals surface area (Å²) in [5.74, 6) is 0.632. The van der Waals surface area contributed by atoms with Gasteiger partial charge < -0.3 is 10.6 Å². The molecule has 0 aromatic carbocycles. The molecule has 1 aliphatic rings. The van der Waals surface area contributed by atoms with Gasteiger partial charge in [-0.2, -0.15) is 5.26 Å².